The van der Waals surface area contributed by atoms with E-state index in [0.29, 0.717) is 0 Å². The van der Waals surface area contributed by atoms with Gasteiger partial charge < -0.3 is 37.9 Å². The van der Waals surface area contributed by atoms with Crippen LogP contribution in [0.1, 0.15) is 75.6 Å². The van der Waals surface area contributed by atoms with E-state index in [9.17, 15) is 9.59 Å². The number of hydrogen-bond acceptors (Lipinski definition) is 10. The van der Waals surface area contributed by atoms with Crippen molar-refractivity contribution in [3.8, 4) is 40.2 Å². The summed E-state index contributed by atoms with van der Waals surface area (Å²) < 4.78 is 51.3. The molecule has 10 heteroatoms. The molecule has 0 spiro atoms. The molecule has 1 atom stereocenters. The van der Waals surface area contributed by atoms with Crippen LogP contribution in [0.3, 0.4) is 0 Å². The van der Waals surface area contributed by atoms with Crippen molar-refractivity contribution >= 4 is 11.9 Å². The van der Waals surface area contributed by atoms with Gasteiger partial charge in [-0.25, -0.2) is 9.59 Å². The van der Waals surface area contributed by atoms with E-state index in [1.54, 1.807) is 26.8 Å². The third kappa shape index (κ3) is 10.8. The summed E-state index contributed by atoms with van der Waals surface area (Å²) in [7, 11) is 0. The zero-order valence-corrected chi connectivity index (χ0v) is 35.2. The van der Waals surface area contributed by atoms with Crippen molar-refractivity contribution in [1.82, 2.24) is 0 Å². The first-order chi connectivity index (χ1) is 30.7. The highest BCUT2D eigenvalue weighted by atomic mass is 16.7. The second kappa shape index (κ2) is 19.3. The van der Waals surface area contributed by atoms with Crippen LogP contribution in [0.2, 0.25) is 0 Å². The lowest BCUT2D eigenvalue weighted by molar-refractivity contribution is 0.00679. The van der Waals surface area contributed by atoms with Gasteiger partial charge in [-0.05, 0) is 55.2 Å². The normalized spacial score (nSPS) is 12.8. The Balaban J connectivity index is 1.30. The molecule has 1 heterocycles. The lowest BCUT2D eigenvalue weighted by atomic mass is 10.1. The van der Waals surface area contributed by atoms with E-state index in [1.807, 2.05) is 152 Å². The van der Waals surface area contributed by atoms with Crippen LogP contribution in [0.25, 0.3) is 0 Å². The van der Waals surface area contributed by atoms with Crippen LogP contribution in [0.4, 0.5) is 0 Å². The Morgan fingerprint density at radius 1 is 0.508 bits per heavy atom. The summed E-state index contributed by atoms with van der Waals surface area (Å²) in [5.74, 6) is -0.571. The molecule has 318 valence electrons. The van der Waals surface area contributed by atoms with E-state index in [4.69, 9.17) is 37.9 Å². The maximum atomic E-state index is 14.6. The molecule has 63 heavy (non-hydrogen) atoms. The molecular formula is C53H46O10. The van der Waals surface area contributed by atoms with Crippen molar-refractivity contribution in [3.63, 3.8) is 0 Å². The number of hydrogen-bond donors (Lipinski definition) is 0. The first-order valence-electron chi connectivity index (χ1n) is 20.6. The van der Waals surface area contributed by atoms with Crippen LogP contribution in [-0.2, 0) is 35.9 Å². The molecule has 7 aromatic carbocycles. The largest absolute Gasteiger partial charge is 0.485 e. The monoisotopic (exact) mass is 842 g/mol. The fourth-order valence-corrected chi connectivity index (χ4v) is 6.64. The van der Waals surface area contributed by atoms with Gasteiger partial charge in [-0.3, -0.25) is 0 Å². The van der Waals surface area contributed by atoms with Gasteiger partial charge in [-0.1, -0.05) is 152 Å². The van der Waals surface area contributed by atoms with Crippen molar-refractivity contribution in [2.75, 3.05) is 0 Å². The molecule has 0 aromatic heterocycles. The molecule has 0 radical (unpaired) electrons. The fraction of sp³-hybridized carbons (Fsp3) is 0.170. The summed E-state index contributed by atoms with van der Waals surface area (Å²) in [5.41, 5.74) is 3.36. The SMILES string of the molecule is CC(C)(C)OC(=O)c1cc(Oc2c(C(=O)OCc3ccccc3)cc(OCc3ccccc3)c(OCc3ccccc3)c2OCc2ccccc2)c2c(c1)OC(c1ccccc1)O2. The summed E-state index contributed by atoms with van der Waals surface area (Å²) in [6, 6.07) is 52.1. The Bertz CT molecular complexity index is 2630. The number of carbonyl (C=O) groups excluding carboxylic acids is 2. The topological polar surface area (TPSA) is 108 Å². The average molecular weight is 843 g/mol. The number of esters is 2. The Hall–Kier alpha value is -7.72. The number of carbonyl (C=O) groups is 2. The first kappa shape index (κ1) is 42.0. The molecule has 0 saturated carbocycles. The molecular weight excluding hydrogens is 797 g/mol. The molecule has 0 N–H and O–H groups in total. The first-order valence-corrected chi connectivity index (χ1v) is 20.6. The van der Waals surface area contributed by atoms with Gasteiger partial charge in [0.25, 0.3) is 6.29 Å². The van der Waals surface area contributed by atoms with Crippen LogP contribution >= 0.6 is 0 Å². The van der Waals surface area contributed by atoms with E-state index < -0.39 is 23.8 Å². The molecule has 8 rings (SSSR count). The molecule has 0 fully saturated rings. The summed E-state index contributed by atoms with van der Waals surface area (Å²) >= 11 is 0. The van der Waals surface area contributed by atoms with Crippen LogP contribution < -0.4 is 28.4 Å². The van der Waals surface area contributed by atoms with Gasteiger partial charge in [-0.15, -0.1) is 0 Å². The Morgan fingerprint density at radius 3 is 1.54 bits per heavy atom. The Kier molecular flexibility index (Phi) is 12.9. The van der Waals surface area contributed by atoms with Crippen molar-refractivity contribution < 1.29 is 47.5 Å². The molecule has 0 amide bonds. The van der Waals surface area contributed by atoms with Crippen LogP contribution in [0, 0.1) is 0 Å². The number of benzene rings is 7. The van der Waals surface area contributed by atoms with E-state index in [-0.39, 0.29) is 77.8 Å². The van der Waals surface area contributed by atoms with Gasteiger partial charge >= 0.3 is 11.9 Å². The zero-order chi connectivity index (χ0) is 43.6. The van der Waals surface area contributed by atoms with E-state index in [2.05, 4.69) is 0 Å². The predicted molar refractivity (Wildman–Crippen MR) is 236 cm³/mol. The third-order valence-corrected chi connectivity index (χ3v) is 9.68. The van der Waals surface area contributed by atoms with Crippen LogP contribution in [0.15, 0.2) is 170 Å². The van der Waals surface area contributed by atoms with Gasteiger partial charge in [0.1, 0.15) is 37.6 Å². The summed E-state index contributed by atoms with van der Waals surface area (Å²) in [5, 5.41) is 0. The van der Waals surface area contributed by atoms with Gasteiger partial charge in [-0.2, -0.15) is 0 Å². The van der Waals surface area contributed by atoms with Crippen molar-refractivity contribution in [2.24, 2.45) is 0 Å². The zero-order valence-electron chi connectivity index (χ0n) is 35.2. The summed E-state index contributed by atoms with van der Waals surface area (Å²) in [4.78, 5) is 28.3. The second-order valence-electron chi connectivity index (χ2n) is 15.7. The maximum absolute atomic E-state index is 14.6. The van der Waals surface area contributed by atoms with Gasteiger partial charge in [0.05, 0.1) is 5.56 Å². The molecule has 10 nitrogen and oxygen atoms in total. The molecule has 1 aliphatic rings. The summed E-state index contributed by atoms with van der Waals surface area (Å²) in [6.07, 6.45) is -0.875. The maximum Gasteiger partial charge on any atom is 0.342 e. The highest BCUT2D eigenvalue weighted by molar-refractivity contribution is 5.96. The lowest BCUT2D eigenvalue weighted by Gasteiger charge is -2.23. The minimum Gasteiger partial charge on any atom is -0.485 e. The fourth-order valence-electron chi connectivity index (χ4n) is 6.64. The Labute approximate surface area is 366 Å². The molecule has 0 saturated heterocycles. The Morgan fingerprint density at radius 2 is 1.00 bits per heavy atom. The minimum atomic E-state index is -0.875. The standard InChI is InChI=1S/C53H46O10/c1-53(2,3)63-50(54)41-29-44(47-45(30-41)61-52(62-47)40-27-17-8-18-28-40)60-46-42(51(55)59-35-39-25-15-7-16-26-39)31-43(56-32-36-19-9-4-10-20-36)48(57-33-37-21-11-5-12-22-37)49(46)58-34-38-23-13-6-14-24-38/h4-31,52H,32-35H2,1-3H3. The third-order valence-electron chi connectivity index (χ3n) is 9.68. The van der Waals surface area contributed by atoms with Crippen molar-refractivity contribution in [2.45, 2.75) is 59.1 Å². The quantitative estimate of drug-likeness (QED) is 0.0873. The van der Waals surface area contributed by atoms with Crippen molar-refractivity contribution in [1.29, 1.82) is 0 Å². The van der Waals surface area contributed by atoms with E-state index in [0.717, 1.165) is 27.8 Å². The molecule has 1 aliphatic heterocycles. The van der Waals surface area contributed by atoms with Crippen LogP contribution in [0.5, 0.6) is 40.2 Å². The number of ether oxygens (including phenoxy) is 8. The smallest absolute Gasteiger partial charge is 0.342 e. The highest BCUT2D eigenvalue weighted by Gasteiger charge is 2.35. The highest BCUT2D eigenvalue weighted by Crippen LogP contribution is 2.54. The van der Waals surface area contributed by atoms with E-state index >= 15 is 0 Å². The van der Waals surface area contributed by atoms with Crippen LogP contribution in [-0.4, -0.2) is 17.5 Å². The predicted octanol–water partition coefficient (Wildman–Crippen LogP) is 12.0. The average Bonchev–Trinajstić information content (AvgIpc) is 3.75. The number of rotatable bonds is 16. The minimum absolute atomic E-state index is 0.0367. The van der Waals surface area contributed by atoms with Gasteiger partial charge in [0.15, 0.2) is 23.0 Å². The van der Waals surface area contributed by atoms with E-state index in [1.165, 1.54) is 12.1 Å². The lowest BCUT2D eigenvalue weighted by Crippen LogP contribution is -2.23. The second-order valence-corrected chi connectivity index (χ2v) is 15.7. The van der Waals surface area contributed by atoms with Crippen molar-refractivity contribution in [3.05, 3.63) is 209 Å². The molecule has 0 bridgehead atoms. The van der Waals surface area contributed by atoms with Gasteiger partial charge in [0.2, 0.25) is 17.2 Å². The van der Waals surface area contributed by atoms with Gasteiger partial charge in [0, 0.05) is 11.6 Å². The molecule has 0 aliphatic carbocycles. The summed E-state index contributed by atoms with van der Waals surface area (Å²) in [6.45, 7) is 5.60. The molecule has 7 aromatic rings. The molecule has 1 unspecified atom stereocenters. The number of fused-ring (bicyclic) bond motifs is 1.